The minimum absolute atomic E-state index is 0.662. The van der Waals surface area contributed by atoms with Gasteiger partial charge < -0.3 is 8.98 Å². The molecule has 0 aliphatic rings. The first-order valence-electron chi connectivity index (χ1n) is 41.0. The average molecular weight is 1640 g/mol. The number of hydrogen-bond donors (Lipinski definition) is 0. The summed E-state index contributed by atoms with van der Waals surface area (Å²) in [6.07, 6.45) is 0. The lowest BCUT2D eigenvalue weighted by Gasteiger charge is -2.11. The average Bonchev–Trinajstić information content (AvgIpc) is 1.55. The van der Waals surface area contributed by atoms with Gasteiger partial charge >= 0.3 is 0 Å². The Labute approximate surface area is 716 Å². The van der Waals surface area contributed by atoms with Crippen LogP contribution < -0.4 is 0 Å². The van der Waals surface area contributed by atoms with Crippen molar-refractivity contribution >= 4 is 236 Å². The Morgan fingerprint density at radius 3 is 1.01 bits per heavy atom. The lowest BCUT2D eigenvalue weighted by molar-refractivity contribution is 0.673. The van der Waals surface area contributed by atoms with Crippen LogP contribution in [0.1, 0.15) is 0 Å². The van der Waals surface area contributed by atoms with E-state index in [2.05, 4.69) is 376 Å². The van der Waals surface area contributed by atoms with Crippen LogP contribution >= 0.6 is 45.3 Å². The molecule has 574 valence electrons. The molecule has 0 spiro atoms. The molecule has 0 aliphatic heterocycles. The standard InChI is InChI=1S/C40H24N4S.C34H19N3OS.C34H19N3S2/c1-3-13-25(14-4-1)37-36-30-19-9-12-22-34(30)45-39(36)42-40(41-37)44-32-21-11-8-18-29(32)35-33(44)24-23-28-27-17-7-10-20-31(27)43(38(28)35)26-15-5-2-6-16-26;2*1-2-10-20(11-3-1)31-30-24-14-6-9-17-28(24)39-33(30)36-34(35-31)37-25-15-7-4-13-23(25)29-26(37)19-18-22-21-12-5-8-16-27(21)38-32(22)29/h1-24H;2*1-19H. The predicted octanol–water partition coefficient (Wildman–Crippen LogP) is 30.2. The Morgan fingerprint density at radius 2 is 0.537 bits per heavy atom. The lowest BCUT2D eigenvalue weighted by Crippen LogP contribution is -2.02. The third-order valence-corrected chi connectivity index (χ3v) is 28.7. The molecule has 0 amide bonds. The summed E-state index contributed by atoms with van der Waals surface area (Å²) in [5.74, 6) is 2.05. The number of hydrogen-bond acceptors (Lipinski definition) is 11. The van der Waals surface area contributed by atoms with E-state index in [1.165, 1.54) is 93.8 Å². The van der Waals surface area contributed by atoms with Gasteiger partial charge in [-0.2, -0.15) is 0 Å². The quantitative estimate of drug-likeness (QED) is 0.156. The molecule has 11 nitrogen and oxygen atoms in total. The van der Waals surface area contributed by atoms with Crippen molar-refractivity contribution in [3.63, 3.8) is 0 Å². The van der Waals surface area contributed by atoms with Crippen molar-refractivity contribution in [1.29, 1.82) is 0 Å². The van der Waals surface area contributed by atoms with Gasteiger partial charge in [0.1, 0.15) is 25.7 Å². The molecular weight excluding hydrogens is 1580 g/mol. The summed E-state index contributed by atoms with van der Waals surface area (Å²) in [6, 6.07) is 132. The molecule has 0 unspecified atom stereocenters. The molecule has 0 atom stereocenters. The third kappa shape index (κ3) is 10.7. The number of benzene rings is 16. The molecule has 0 saturated heterocycles. The molecule has 28 aromatic rings. The van der Waals surface area contributed by atoms with E-state index < -0.39 is 0 Å². The van der Waals surface area contributed by atoms with Crippen molar-refractivity contribution in [3.05, 3.63) is 376 Å². The number of furan rings is 1. The lowest BCUT2D eigenvalue weighted by atomic mass is 10.1. The zero-order chi connectivity index (χ0) is 80.5. The van der Waals surface area contributed by atoms with Crippen LogP contribution in [0, 0.1) is 0 Å². The van der Waals surface area contributed by atoms with Crippen LogP contribution in [0.5, 0.6) is 0 Å². The summed E-state index contributed by atoms with van der Waals surface area (Å²) in [7, 11) is 0. The maximum atomic E-state index is 6.47. The minimum atomic E-state index is 0.662. The highest BCUT2D eigenvalue weighted by Crippen LogP contribution is 2.49. The fourth-order valence-electron chi connectivity index (χ4n) is 19.0. The van der Waals surface area contributed by atoms with E-state index >= 15 is 0 Å². The van der Waals surface area contributed by atoms with E-state index in [9.17, 15) is 0 Å². The van der Waals surface area contributed by atoms with E-state index in [-0.39, 0.29) is 0 Å². The van der Waals surface area contributed by atoms with Gasteiger partial charge in [0.15, 0.2) is 0 Å². The first-order chi connectivity index (χ1) is 61.0. The zero-order valence-electron chi connectivity index (χ0n) is 65.3. The third-order valence-electron chi connectivity index (χ3n) is 24.3. The van der Waals surface area contributed by atoms with Crippen LogP contribution in [0.2, 0.25) is 0 Å². The number of para-hydroxylation sites is 6. The first kappa shape index (κ1) is 69.6. The molecule has 123 heavy (non-hydrogen) atoms. The Kier molecular flexibility index (Phi) is 15.6. The van der Waals surface area contributed by atoms with Crippen LogP contribution in [0.25, 0.3) is 248 Å². The Hall–Kier alpha value is -15.4. The van der Waals surface area contributed by atoms with E-state index in [1.807, 2.05) is 29.5 Å². The molecule has 0 radical (unpaired) electrons. The van der Waals surface area contributed by atoms with Crippen LogP contribution in [0.15, 0.2) is 381 Å². The summed E-state index contributed by atoms with van der Waals surface area (Å²) >= 11 is 7.05. The van der Waals surface area contributed by atoms with Gasteiger partial charge in [0, 0.05) is 137 Å². The molecule has 0 fully saturated rings. The summed E-state index contributed by atoms with van der Waals surface area (Å²) < 4.78 is 21.9. The van der Waals surface area contributed by atoms with E-state index in [0.717, 1.165) is 136 Å². The molecule has 0 saturated carbocycles. The van der Waals surface area contributed by atoms with Crippen molar-refractivity contribution in [2.45, 2.75) is 0 Å². The van der Waals surface area contributed by atoms with Crippen molar-refractivity contribution in [2.24, 2.45) is 0 Å². The first-order valence-corrected chi connectivity index (χ1v) is 44.2. The monoisotopic (exact) mass is 1640 g/mol. The van der Waals surface area contributed by atoms with Crippen LogP contribution in [0.3, 0.4) is 0 Å². The largest absolute Gasteiger partial charge is 0.455 e. The molecule has 0 aliphatic carbocycles. The van der Waals surface area contributed by atoms with Crippen molar-refractivity contribution in [2.75, 3.05) is 0 Å². The fraction of sp³-hybridized carbons (Fsp3) is 0. The summed E-state index contributed by atoms with van der Waals surface area (Å²) in [4.78, 5) is 34.7. The maximum Gasteiger partial charge on any atom is 0.236 e. The molecule has 16 aromatic carbocycles. The summed E-state index contributed by atoms with van der Waals surface area (Å²) in [5.41, 5.74) is 18.0. The highest BCUT2D eigenvalue weighted by Gasteiger charge is 2.28. The second kappa shape index (κ2) is 27.6. The smallest absolute Gasteiger partial charge is 0.236 e. The van der Waals surface area contributed by atoms with Gasteiger partial charge in [0.2, 0.25) is 17.8 Å². The number of nitrogens with zero attached hydrogens (tertiary/aromatic N) is 10. The number of thiophene rings is 4. The Bertz CT molecular complexity index is 8890. The van der Waals surface area contributed by atoms with Gasteiger partial charge in [0.25, 0.3) is 0 Å². The number of fused-ring (bicyclic) bond motifs is 30. The second-order valence-electron chi connectivity index (χ2n) is 31.0. The van der Waals surface area contributed by atoms with Crippen LogP contribution in [0.4, 0.5) is 0 Å². The maximum absolute atomic E-state index is 6.47. The van der Waals surface area contributed by atoms with E-state index in [1.54, 1.807) is 34.0 Å². The molecule has 12 aromatic heterocycles. The predicted molar refractivity (Wildman–Crippen MR) is 519 cm³/mol. The van der Waals surface area contributed by atoms with Gasteiger partial charge in [-0.1, -0.05) is 285 Å². The van der Waals surface area contributed by atoms with Gasteiger partial charge in [0.05, 0.1) is 66.6 Å². The van der Waals surface area contributed by atoms with Crippen LogP contribution in [-0.2, 0) is 0 Å². The van der Waals surface area contributed by atoms with Crippen molar-refractivity contribution < 1.29 is 4.42 Å². The van der Waals surface area contributed by atoms with Gasteiger partial charge in [-0.3, -0.25) is 13.7 Å². The SMILES string of the molecule is c1ccc(-c2nc(-n3c4ccccc4c4c3ccc3c5ccccc5n(-c5ccccc5)c34)nc3sc4ccccc4c23)cc1.c1ccc(-c2nc(-n3c4ccccc4c4c5oc6ccccc6c5ccc43)nc3sc4ccccc4c23)cc1.c1ccc(-c2nc(-n3c4ccccc4c4c5sc6ccccc6c5ccc43)nc3sc4ccccc4c23)cc1. The number of rotatable bonds is 7. The minimum Gasteiger partial charge on any atom is -0.455 e. The summed E-state index contributed by atoms with van der Waals surface area (Å²) in [5, 5.41) is 21.3. The molecular formula is C108H62N10OS4. The topological polar surface area (TPSA) is 110 Å². The van der Waals surface area contributed by atoms with Gasteiger partial charge in [-0.05, 0) is 91.0 Å². The highest BCUT2D eigenvalue weighted by atomic mass is 32.1. The molecule has 0 N–H and O–H groups in total. The fourth-order valence-corrected chi connectivity index (χ4v) is 23.5. The molecule has 12 heterocycles. The van der Waals surface area contributed by atoms with Crippen molar-refractivity contribution in [3.8, 4) is 57.3 Å². The normalized spacial score (nSPS) is 12.1. The van der Waals surface area contributed by atoms with Gasteiger partial charge in [-0.25, -0.2) is 29.9 Å². The highest BCUT2D eigenvalue weighted by molar-refractivity contribution is 7.27. The van der Waals surface area contributed by atoms with E-state index in [0.29, 0.717) is 17.8 Å². The van der Waals surface area contributed by atoms with Gasteiger partial charge in [-0.15, -0.1) is 45.3 Å². The second-order valence-corrected chi connectivity index (χ2v) is 35.2. The Morgan fingerprint density at radius 1 is 0.203 bits per heavy atom. The van der Waals surface area contributed by atoms with E-state index in [4.69, 9.17) is 34.3 Å². The van der Waals surface area contributed by atoms with Crippen molar-refractivity contribution in [1.82, 2.24) is 48.2 Å². The van der Waals surface area contributed by atoms with Crippen LogP contribution in [-0.4, -0.2) is 48.2 Å². The Balaban J connectivity index is 0.0000000993. The summed E-state index contributed by atoms with van der Waals surface area (Å²) in [6.45, 7) is 0. The molecule has 28 rings (SSSR count). The zero-order valence-corrected chi connectivity index (χ0v) is 68.6. The number of aromatic nitrogens is 10. The molecule has 0 bridgehead atoms. The molecule has 15 heteroatoms.